The Morgan fingerprint density at radius 3 is 2.26 bits per heavy atom. The third-order valence-electron chi connectivity index (χ3n) is 3.44. The normalized spacial score (nSPS) is 11.3. The number of nitrogen functional groups attached to an aromatic ring is 1. The van der Waals surface area contributed by atoms with Gasteiger partial charge in [0.05, 0.1) is 16.8 Å². The zero-order valence-electron chi connectivity index (χ0n) is 12.5. The van der Waals surface area contributed by atoms with Gasteiger partial charge in [0.2, 0.25) is 15.8 Å². The highest BCUT2D eigenvalue weighted by Crippen LogP contribution is 2.29. The molecule has 3 aromatic rings. The van der Waals surface area contributed by atoms with Crippen LogP contribution in [-0.4, -0.2) is 18.4 Å². The van der Waals surface area contributed by atoms with Crippen LogP contribution in [0.5, 0.6) is 0 Å². The Balaban J connectivity index is 2.22. The van der Waals surface area contributed by atoms with Gasteiger partial charge in [-0.3, -0.25) is 0 Å². The van der Waals surface area contributed by atoms with Crippen molar-refractivity contribution in [1.82, 2.24) is 9.97 Å². The first-order chi connectivity index (χ1) is 11.0. The van der Waals surface area contributed by atoms with E-state index in [2.05, 4.69) is 9.97 Å². The topological polar surface area (TPSA) is 85.9 Å². The average molecular weight is 325 g/mol. The molecule has 0 saturated carbocycles. The fourth-order valence-electron chi connectivity index (χ4n) is 2.23. The Hall–Kier alpha value is -2.73. The summed E-state index contributed by atoms with van der Waals surface area (Å²) in [5.74, 6) is 0.0340. The van der Waals surface area contributed by atoms with Gasteiger partial charge in [0.25, 0.3) is 0 Å². The highest BCUT2D eigenvalue weighted by molar-refractivity contribution is 7.91. The van der Waals surface area contributed by atoms with Gasteiger partial charge in [-0.15, -0.1) is 0 Å². The predicted octanol–water partition coefficient (Wildman–Crippen LogP) is 2.87. The van der Waals surface area contributed by atoms with E-state index in [9.17, 15) is 8.42 Å². The monoisotopic (exact) mass is 325 g/mol. The smallest absolute Gasteiger partial charge is 0.220 e. The van der Waals surface area contributed by atoms with Gasteiger partial charge in [0.1, 0.15) is 4.90 Å². The largest absolute Gasteiger partial charge is 0.368 e. The van der Waals surface area contributed by atoms with E-state index < -0.39 is 9.84 Å². The number of rotatable bonds is 3. The summed E-state index contributed by atoms with van der Waals surface area (Å²) in [4.78, 5) is 8.25. The second kappa shape index (κ2) is 5.81. The highest BCUT2D eigenvalue weighted by Gasteiger charge is 2.24. The van der Waals surface area contributed by atoms with Crippen molar-refractivity contribution in [2.75, 3.05) is 5.73 Å². The average Bonchev–Trinajstić information content (AvgIpc) is 2.56. The lowest BCUT2D eigenvalue weighted by atomic mass is 10.1. The van der Waals surface area contributed by atoms with Crippen LogP contribution in [-0.2, 0) is 9.84 Å². The van der Waals surface area contributed by atoms with Gasteiger partial charge in [-0.1, -0.05) is 48.0 Å². The van der Waals surface area contributed by atoms with Gasteiger partial charge in [-0.05, 0) is 19.1 Å². The Labute approximate surface area is 134 Å². The van der Waals surface area contributed by atoms with Crippen molar-refractivity contribution in [1.29, 1.82) is 0 Å². The Morgan fingerprint density at radius 2 is 1.61 bits per heavy atom. The van der Waals surface area contributed by atoms with E-state index in [1.54, 1.807) is 36.4 Å². The van der Waals surface area contributed by atoms with Crippen LogP contribution in [0.2, 0.25) is 0 Å². The fourth-order valence-corrected chi connectivity index (χ4v) is 3.59. The molecule has 0 aliphatic carbocycles. The van der Waals surface area contributed by atoms with E-state index in [-0.39, 0.29) is 15.7 Å². The standard InChI is InChI=1S/C17H15N3O2S/c1-12-7-9-14(10-8-12)23(21,22)15-11-19-17(18)20-16(15)13-5-3-2-4-6-13/h2-11H,1H3,(H2,18,19,20). The predicted molar refractivity (Wildman–Crippen MR) is 88.5 cm³/mol. The summed E-state index contributed by atoms with van der Waals surface area (Å²) in [5.41, 5.74) is 7.61. The molecule has 5 nitrogen and oxygen atoms in total. The Morgan fingerprint density at radius 1 is 0.957 bits per heavy atom. The van der Waals surface area contributed by atoms with Gasteiger partial charge in [0, 0.05) is 5.56 Å². The molecule has 6 heteroatoms. The van der Waals surface area contributed by atoms with Crippen molar-refractivity contribution in [3.05, 3.63) is 66.4 Å². The minimum absolute atomic E-state index is 0.0340. The summed E-state index contributed by atoms with van der Waals surface area (Å²) < 4.78 is 25.9. The van der Waals surface area contributed by atoms with E-state index in [0.29, 0.717) is 11.3 Å². The first-order valence-corrected chi connectivity index (χ1v) is 8.46. The number of nitrogens with zero attached hydrogens (tertiary/aromatic N) is 2. The van der Waals surface area contributed by atoms with Crippen molar-refractivity contribution in [2.24, 2.45) is 0 Å². The van der Waals surface area contributed by atoms with E-state index >= 15 is 0 Å². The zero-order chi connectivity index (χ0) is 16.4. The van der Waals surface area contributed by atoms with E-state index in [1.165, 1.54) is 6.20 Å². The summed E-state index contributed by atoms with van der Waals surface area (Å²) in [5, 5.41) is 0. The van der Waals surface area contributed by atoms with Crippen molar-refractivity contribution < 1.29 is 8.42 Å². The van der Waals surface area contributed by atoms with Crippen LogP contribution in [0.1, 0.15) is 5.56 Å². The Kier molecular flexibility index (Phi) is 3.83. The number of hydrogen-bond donors (Lipinski definition) is 1. The van der Waals surface area contributed by atoms with Crippen LogP contribution in [0, 0.1) is 6.92 Å². The Bertz CT molecular complexity index is 937. The lowest BCUT2D eigenvalue weighted by molar-refractivity contribution is 0.595. The summed E-state index contributed by atoms with van der Waals surface area (Å²) >= 11 is 0. The highest BCUT2D eigenvalue weighted by atomic mass is 32.2. The van der Waals surface area contributed by atoms with Crippen LogP contribution in [0.3, 0.4) is 0 Å². The minimum atomic E-state index is -3.73. The maximum absolute atomic E-state index is 12.9. The van der Waals surface area contributed by atoms with Gasteiger partial charge in [-0.25, -0.2) is 18.4 Å². The second-order valence-electron chi connectivity index (χ2n) is 5.12. The van der Waals surface area contributed by atoms with E-state index in [4.69, 9.17) is 5.73 Å². The molecular formula is C17H15N3O2S. The number of sulfone groups is 1. The molecule has 2 N–H and O–H groups in total. The number of aryl methyl sites for hydroxylation is 1. The molecule has 0 unspecified atom stereocenters. The fraction of sp³-hybridized carbons (Fsp3) is 0.0588. The third kappa shape index (κ3) is 2.93. The summed E-state index contributed by atoms with van der Waals surface area (Å²) in [6.45, 7) is 1.90. The SMILES string of the molecule is Cc1ccc(S(=O)(=O)c2cnc(N)nc2-c2ccccc2)cc1. The number of aromatic nitrogens is 2. The van der Waals surface area contributed by atoms with Gasteiger partial charge in [0.15, 0.2) is 0 Å². The van der Waals surface area contributed by atoms with Crippen molar-refractivity contribution in [2.45, 2.75) is 16.7 Å². The molecule has 0 atom stereocenters. The molecule has 0 amide bonds. The third-order valence-corrected chi connectivity index (χ3v) is 5.21. The summed E-state index contributed by atoms with van der Waals surface area (Å²) in [6, 6.07) is 15.7. The van der Waals surface area contributed by atoms with Crippen LogP contribution in [0.4, 0.5) is 5.95 Å². The van der Waals surface area contributed by atoms with E-state index in [1.807, 2.05) is 25.1 Å². The van der Waals surface area contributed by atoms with Gasteiger partial charge < -0.3 is 5.73 Å². The minimum Gasteiger partial charge on any atom is -0.368 e. The molecule has 0 saturated heterocycles. The van der Waals surface area contributed by atoms with Gasteiger partial charge >= 0.3 is 0 Å². The molecule has 0 radical (unpaired) electrons. The molecule has 1 heterocycles. The van der Waals surface area contributed by atoms with Crippen LogP contribution in [0.15, 0.2) is 70.6 Å². The molecule has 116 valence electrons. The van der Waals surface area contributed by atoms with Gasteiger partial charge in [-0.2, -0.15) is 0 Å². The summed E-state index contributed by atoms with van der Waals surface area (Å²) in [6.07, 6.45) is 1.26. The number of hydrogen-bond acceptors (Lipinski definition) is 5. The maximum Gasteiger partial charge on any atom is 0.220 e. The number of nitrogens with two attached hydrogens (primary N) is 1. The molecule has 0 spiro atoms. The number of benzene rings is 2. The molecule has 23 heavy (non-hydrogen) atoms. The molecule has 0 aliphatic rings. The lowest BCUT2D eigenvalue weighted by Gasteiger charge is -2.10. The number of anilines is 1. The van der Waals surface area contributed by atoms with Crippen LogP contribution in [0.25, 0.3) is 11.3 Å². The molecule has 0 aliphatic heterocycles. The van der Waals surface area contributed by atoms with Crippen LogP contribution < -0.4 is 5.73 Å². The molecule has 0 bridgehead atoms. The van der Waals surface area contributed by atoms with Crippen molar-refractivity contribution >= 4 is 15.8 Å². The molecule has 3 rings (SSSR count). The quantitative estimate of drug-likeness (QED) is 0.800. The first-order valence-electron chi connectivity index (χ1n) is 6.98. The zero-order valence-corrected chi connectivity index (χ0v) is 13.3. The molecule has 1 aromatic heterocycles. The van der Waals surface area contributed by atoms with Crippen molar-refractivity contribution in [3.8, 4) is 11.3 Å². The molecule has 2 aromatic carbocycles. The molecule has 0 fully saturated rings. The maximum atomic E-state index is 12.9. The van der Waals surface area contributed by atoms with E-state index in [0.717, 1.165) is 5.56 Å². The second-order valence-corrected chi connectivity index (χ2v) is 7.04. The molecular weight excluding hydrogens is 310 g/mol. The van der Waals surface area contributed by atoms with Crippen molar-refractivity contribution in [3.63, 3.8) is 0 Å². The van der Waals surface area contributed by atoms with Crippen LogP contribution >= 0.6 is 0 Å². The first kappa shape index (κ1) is 15.2. The summed E-state index contributed by atoms with van der Waals surface area (Å²) in [7, 11) is -3.73. The lowest BCUT2D eigenvalue weighted by Crippen LogP contribution is -2.08.